The van der Waals surface area contributed by atoms with Crippen LogP contribution in [0.15, 0.2) is 48.8 Å². The highest BCUT2D eigenvalue weighted by Crippen LogP contribution is 2.33. The number of para-hydroxylation sites is 1. The highest BCUT2D eigenvalue weighted by Gasteiger charge is 2.21. The van der Waals surface area contributed by atoms with Crippen LogP contribution >= 0.6 is 59.4 Å². The summed E-state index contributed by atoms with van der Waals surface area (Å²) < 4.78 is 29.0. The van der Waals surface area contributed by atoms with Crippen molar-refractivity contribution < 1.29 is 8.42 Å². The van der Waals surface area contributed by atoms with Crippen LogP contribution in [0.3, 0.4) is 0 Å². The van der Waals surface area contributed by atoms with Crippen LogP contribution in [-0.2, 0) is 10.0 Å². The monoisotopic (exact) mass is 502 g/mol. The molecule has 0 aliphatic carbocycles. The Morgan fingerprint density at radius 1 is 1.15 bits per heavy atom. The van der Waals surface area contributed by atoms with E-state index >= 15 is 0 Å². The molecule has 0 aliphatic rings. The third-order valence-electron chi connectivity index (χ3n) is 2.26. The summed E-state index contributed by atoms with van der Waals surface area (Å²) in [6.07, 6.45) is 1.43. The van der Waals surface area contributed by atoms with E-state index in [0.29, 0.717) is 19.1 Å². The second-order valence-corrected chi connectivity index (χ2v) is 8.28. The van der Waals surface area contributed by atoms with E-state index in [1.54, 1.807) is 18.2 Å². The Bertz CT molecular complexity index is 748. The lowest BCUT2D eigenvalue weighted by Gasteiger charge is -2.12. The van der Waals surface area contributed by atoms with Gasteiger partial charge in [-0.25, -0.2) is 13.4 Å². The first kappa shape index (κ1) is 16.2. The molecule has 0 fully saturated rings. The number of sulfonamides is 1. The zero-order chi connectivity index (χ0) is 14.9. The molecule has 0 saturated heterocycles. The van der Waals surface area contributed by atoms with Crippen LogP contribution in [0.25, 0.3) is 0 Å². The fourth-order valence-electron chi connectivity index (χ4n) is 1.38. The number of nitrogens with one attached hydrogen (secondary N) is 1. The van der Waals surface area contributed by atoms with Gasteiger partial charge in [-0.2, -0.15) is 0 Å². The Hall–Kier alpha value is -0.150. The van der Waals surface area contributed by atoms with Gasteiger partial charge in [-0.05, 0) is 66.0 Å². The summed E-state index contributed by atoms with van der Waals surface area (Å²) >= 11 is 15.6. The van der Waals surface area contributed by atoms with E-state index in [4.69, 9.17) is 11.6 Å². The molecule has 9 heteroatoms. The predicted molar refractivity (Wildman–Crippen MR) is 89.6 cm³/mol. The van der Waals surface area contributed by atoms with Crippen LogP contribution < -0.4 is 4.72 Å². The SMILES string of the molecule is O=S(=O)(Nc1c(Br)cccc1Br)c1cc(Br)cnc1Cl. The summed E-state index contributed by atoms with van der Waals surface area (Å²) in [6, 6.07) is 6.62. The smallest absolute Gasteiger partial charge is 0.265 e. The maximum atomic E-state index is 12.4. The fourth-order valence-corrected chi connectivity index (χ4v) is 4.88. The number of anilines is 1. The third-order valence-corrected chi connectivity index (χ3v) is 5.79. The molecule has 20 heavy (non-hydrogen) atoms. The summed E-state index contributed by atoms with van der Waals surface area (Å²) in [6.45, 7) is 0. The number of hydrogen-bond acceptors (Lipinski definition) is 3. The molecule has 1 aromatic carbocycles. The molecule has 2 aromatic rings. The number of nitrogens with zero attached hydrogens (tertiary/aromatic N) is 1. The normalized spacial score (nSPS) is 11.4. The van der Waals surface area contributed by atoms with Crippen molar-refractivity contribution in [1.29, 1.82) is 0 Å². The molecule has 1 N–H and O–H groups in total. The molecular weight excluding hydrogens is 499 g/mol. The van der Waals surface area contributed by atoms with E-state index in [1.165, 1.54) is 12.3 Å². The Kier molecular flexibility index (Phi) is 5.12. The molecule has 0 spiro atoms. The van der Waals surface area contributed by atoms with E-state index in [9.17, 15) is 8.42 Å². The minimum atomic E-state index is -3.85. The predicted octanol–water partition coefficient (Wildman–Crippen LogP) is 4.82. The van der Waals surface area contributed by atoms with Crippen molar-refractivity contribution in [3.05, 3.63) is 49.0 Å². The first-order chi connectivity index (χ1) is 9.31. The number of pyridine rings is 1. The molecule has 0 saturated carbocycles. The van der Waals surface area contributed by atoms with Gasteiger partial charge in [0.15, 0.2) is 0 Å². The van der Waals surface area contributed by atoms with Crippen molar-refractivity contribution in [1.82, 2.24) is 4.98 Å². The van der Waals surface area contributed by atoms with Gasteiger partial charge in [-0.3, -0.25) is 4.72 Å². The lowest BCUT2D eigenvalue weighted by atomic mass is 10.3. The minimum absolute atomic E-state index is 0.0936. The topological polar surface area (TPSA) is 59.1 Å². The maximum Gasteiger partial charge on any atom is 0.265 e. The number of halogens is 4. The average molecular weight is 505 g/mol. The Morgan fingerprint density at radius 3 is 2.35 bits per heavy atom. The minimum Gasteiger partial charge on any atom is -0.277 e. The maximum absolute atomic E-state index is 12.4. The van der Waals surface area contributed by atoms with Crippen LogP contribution in [0.1, 0.15) is 0 Å². The first-order valence-electron chi connectivity index (χ1n) is 5.09. The zero-order valence-electron chi connectivity index (χ0n) is 9.57. The molecule has 1 aromatic heterocycles. The van der Waals surface area contributed by atoms with Crippen LogP contribution in [0, 0.1) is 0 Å². The van der Waals surface area contributed by atoms with Crippen LogP contribution in [0.4, 0.5) is 5.69 Å². The molecular formula is C11H6Br3ClN2O2S. The Labute approximate surface area is 146 Å². The molecule has 0 atom stereocenters. The Morgan fingerprint density at radius 2 is 1.75 bits per heavy atom. The van der Waals surface area contributed by atoms with Gasteiger partial charge >= 0.3 is 0 Å². The van der Waals surface area contributed by atoms with E-state index < -0.39 is 10.0 Å². The highest BCUT2D eigenvalue weighted by atomic mass is 79.9. The summed E-state index contributed by atoms with van der Waals surface area (Å²) in [5.41, 5.74) is 0.392. The molecule has 1 heterocycles. The van der Waals surface area contributed by atoms with E-state index in [0.717, 1.165) is 0 Å². The molecule has 2 rings (SSSR count). The largest absolute Gasteiger partial charge is 0.277 e. The van der Waals surface area contributed by atoms with Crippen LogP contribution in [-0.4, -0.2) is 13.4 Å². The number of rotatable bonds is 3. The van der Waals surface area contributed by atoms with Gasteiger partial charge in [0.1, 0.15) is 10.0 Å². The number of benzene rings is 1. The van der Waals surface area contributed by atoms with E-state index in [2.05, 4.69) is 57.5 Å². The van der Waals surface area contributed by atoms with Gasteiger partial charge in [0.05, 0.1) is 5.69 Å². The van der Waals surface area contributed by atoms with Crippen molar-refractivity contribution in [2.45, 2.75) is 4.90 Å². The molecule has 0 bridgehead atoms. The summed E-state index contributed by atoms with van der Waals surface area (Å²) in [5.74, 6) is 0. The molecule has 0 amide bonds. The third kappa shape index (κ3) is 3.54. The van der Waals surface area contributed by atoms with Gasteiger partial charge < -0.3 is 0 Å². The fraction of sp³-hybridized carbons (Fsp3) is 0. The molecule has 4 nitrogen and oxygen atoms in total. The van der Waals surface area contributed by atoms with Crippen LogP contribution in [0.5, 0.6) is 0 Å². The highest BCUT2D eigenvalue weighted by molar-refractivity contribution is 9.11. The van der Waals surface area contributed by atoms with Crippen LogP contribution in [0.2, 0.25) is 5.15 Å². The number of aromatic nitrogens is 1. The Balaban J connectivity index is 2.49. The van der Waals surface area contributed by atoms with Gasteiger partial charge in [-0.15, -0.1) is 0 Å². The average Bonchev–Trinajstić information content (AvgIpc) is 2.37. The second kappa shape index (κ2) is 6.31. The quantitative estimate of drug-likeness (QED) is 0.609. The molecule has 106 valence electrons. The molecule has 0 unspecified atom stereocenters. The van der Waals surface area contributed by atoms with Gasteiger partial charge in [0.25, 0.3) is 10.0 Å². The zero-order valence-corrected chi connectivity index (χ0v) is 15.9. The summed E-state index contributed by atoms with van der Waals surface area (Å²) in [4.78, 5) is 3.71. The summed E-state index contributed by atoms with van der Waals surface area (Å²) in [5, 5.41) is -0.0936. The molecule has 0 aliphatic heterocycles. The van der Waals surface area contributed by atoms with Crippen molar-refractivity contribution >= 4 is 75.1 Å². The standard InChI is InChI=1S/C11H6Br3ClN2O2S/c12-6-4-9(11(15)16-5-6)20(18,19)17-10-7(13)2-1-3-8(10)14/h1-5,17H. The van der Waals surface area contributed by atoms with Crippen molar-refractivity contribution in [3.8, 4) is 0 Å². The summed E-state index contributed by atoms with van der Waals surface area (Å²) in [7, 11) is -3.85. The number of hydrogen-bond donors (Lipinski definition) is 1. The second-order valence-electron chi connectivity index (χ2n) is 3.64. The van der Waals surface area contributed by atoms with Crippen molar-refractivity contribution in [2.24, 2.45) is 0 Å². The van der Waals surface area contributed by atoms with E-state index in [-0.39, 0.29) is 10.0 Å². The molecule has 0 radical (unpaired) electrons. The van der Waals surface area contributed by atoms with Gasteiger partial charge in [0.2, 0.25) is 0 Å². The lowest BCUT2D eigenvalue weighted by molar-refractivity contribution is 0.600. The van der Waals surface area contributed by atoms with Crippen molar-refractivity contribution in [2.75, 3.05) is 4.72 Å². The van der Waals surface area contributed by atoms with Crippen molar-refractivity contribution in [3.63, 3.8) is 0 Å². The van der Waals surface area contributed by atoms with E-state index in [1.807, 2.05) is 0 Å². The lowest BCUT2D eigenvalue weighted by Crippen LogP contribution is -2.14. The van der Waals surface area contributed by atoms with Gasteiger partial charge in [-0.1, -0.05) is 17.7 Å². The first-order valence-corrected chi connectivity index (χ1v) is 9.33. The van der Waals surface area contributed by atoms with Gasteiger partial charge in [0, 0.05) is 19.6 Å².